The van der Waals surface area contributed by atoms with Gasteiger partial charge < -0.3 is 0 Å². The second kappa shape index (κ2) is 9.44. The summed E-state index contributed by atoms with van der Waals surface area (Å²) in [6.45, 7) is 13.8. The third-order valence-corrected chi connectivity index (χ3v) is 1.58. The molecule has 0 aromatic carbocycles. The van der Waals surface area contributed by atoms with E-state index in [-0.39, 0.29) is 11.5 Å². The van der Waals surface area contributed by atoms with Crippen molar-refractivity contribution in [1.82, 2.24) is 10.2 Å². The fraction of sp³-hybridized carbons (Fsp3) is 0.667. The van der Waals surface area contributed by atoms with Gasteiger partial charge in [0, 0.05) is 5.56 Å². The number of nitrogens with zero attached hydrogens (tertiary/aromatic N) is 1. The predicted molar refractivity (Wildman–Crippen MR) is 66.4 cm³/mol. The van der Waals surface area contributed by atoms with Crippen molar-refractivity contribution < 1.29 is 0 Å². The van der Waals surface area contributed by atoms with E-state index in [4.69, 9.17) is 0 Å². The van der Waals surface area contributed by atoms with E-state index in [1.807, 2.05) is 54.5 Å². The Morgan fingerprint density at radius 2 is 1.67 bits per heavy atom. The van der Waals surface area contributed by atoms with Crippen molar-refractivity contribution in [1.29, 1.82) is 0 Å². The molecule has 15 heavy (non-hydrogen) atoms. The van der Waals surface area contributed by atoms with Crippen molar-refractivity contribution in [2.75, 3.05) is 0 Å². The lowest BCUT2D eigenvalue weighted by atomic mass is 10.1. The maximum atomic E-state index is 11.1. The minimum Gasteiger partial charge on any atom is -0.268 e. The number of H-pyrrole nitrogens is 1. The quantitative estimate of drug-likeness (QED) is 0.776. The largest absolute Gasteiger partial charge is 0.268 e. The van der Waals surface area contributed by atoms with Gasteiger partial charge in [-0.05, 0) is 18.9 Å². The standard InChI is InChI=1S/C8H12N2O.2C2H6/c1-5(2)7-4-6(3)9-10-8(7)11;2*1-2/h4-5H,1-3H3,(H,10,11);2*1-2H3. The minimum atomic E-state index is -0.0781. The van der Waals surface area contributed by atoms with Crippen LogP contribution < -0.4 is 5.56 Å². The molecule has 0 radical (unpaired) electrons. The van der Waals surface area contributed by atoms with Gasteiger partial charge in [0.15, 0.2) is 0 Å². The van der Waals surface area contributed by atoms with Gasteiger partial charge in [-0.25, -0.2) is 5.10 Å². The highest BCUT2D eigenvalue weighted by atomic mass is 16.1. The van der Waals surface area contributed by atoms with Gasteiger partial charge in [-0.1, -0.05) is 41.5 Å². The van der Waals surface area contributed by atoms with Crippen LogP contribution >= 0.6 is 0 Å². The zero-order chi connectivity index (χ0) is 12.4. The minimum absolute atomic E-state index is 0.0781. The monoisotopic (exact) mass is 212 g/mol. The normalized spacial score (nSPS) is 8.53. The molecule has 0 bridgehead atoms. The van der Waals surface area contributed by atoms with E-state index >= 15 is 0 Å². The van der Waals surface area contributed by atoms with E-state index in [0.717, 1.165) is 11.3 Å². The van der Waals surface area contributed by atoms with E-state index in [1.54, 1.807) is 0 Å². The van der Waals surface area contributed by atoms with Gasteiger partial charge >= 0.3 is 0 Å². The Balaban J connectivity index is 0. The Bertz CT molecular complexity index is 303. The van der Waals surface area contributed by atoms with Crippen molar-refractivity contribution in [3.63, 3.8) is 0 Å². The van der Waals surface area contributed by atoms with E-state index in [2.05, 4.69) is 10.2 Å². The van der Waals surface area contributed by atoms with E-state index in [9.17, 15) is 4.79 Å². The second-order valence-electron chi connectivity index (χ2n) is 2.95. The smallest absolute Gasteiger partial charge is 0.267 e. The van der Waals surface area contributed by atoms with Crippen LogP contribution in [0.25, 0.3) is 0 Å². The summed E-state index contributed by atoms with van der Waals surface area (Å²) in [4.78, 5) is 11.1. The molecule has 0 fully saturated rings. The molecule has 1 aromatic heterocycles. The van der Waals surface area contributed by atoms with Crippen LogP contribution in [0.5, 0.6) is 0 Å². The SMILES string of the molecule is CC.CC.Cc1cc(C(C)C)c(=O)[nH]n1. The molecule has 0 saturated heterocycles. The van der Waals surface area contributed by atoms with E-state index < -0.39 is 0 Å². The number of hydrogen-bond donors (Lipinski definition) is 1. The molecule has 1 aromatic rings. The van der Waals surface area contributed by atoms with Gasteiger partial charge in [0.2, 0.25) is 0 Å². The number of aryl methyl sites for hydroxylation is 1. The maximum absolute atomic E-state index is 11.1. The Labute approximate surface area is 92.9 Å². The molecule has 3 nitrogen and oxygen atoms in total. The van der Waals surface area contributed by atoms with Crippen LogP contribution in [0, 0.1) is 6.92 Å². The number of rotatable bonds is 1. The Morgan fingerprint density at radius 3 is 2.00 bits per heavy atom. The molecular weight excluding hydrogens is 188 g/mol. The third-order valence-electron chi connectivity index (χ3n) is 1.58. The van der Waals surface area contributed by atoms with Crippen molar-refractivity contribution >= 4 is 0 Å². The summed E-state index contributed by atoms with van der Waals surface area (Å²) < 4.78 is 0. The van der Waals surface area contributed by atoms with Crippen LogP contribution in [0.2, 0.25) is 0 Å². The van der Waals surface area contributed by atoms with Crippen molar-refractivity contribution in [2.24, 2.45) is 0 Å². The van der Waals surface area contributed by atoms with Crippen molar-refractivity contribution in [2.45, 2.75) is 54.4 Å². The lowest BCUT2D eigenvalue weighted by Crippen LogP contribution is -2.15. The predicted octanol–water partition coefficient (Wildman–Crippen LogP) is 3.25. The number of nitrogens with one attached hydrogen (secondary N) is 1. The Morgan fingerprint density at radius 1 is 1.20 bits per heavy atom. The molecule has 0 atom stereocenters. The first-order chi connectivity index (χ1) is 7.11. The van der Waals surface area contributed by atoms with Gasteiger partial charge in [-0.2, -0.15) is 5.10 Å². The lowest BCUT2D eigenvalue weighted by Gasteiger charge is -2.02. The molecule has 0 aliphatic carbocycles. The zero-order valence-corrected chi connectivity index (χ0v) is 11.0. The molecule has 88 valence electrons. The van der Waals surface area contributed by atoms with Crippen LogP contribution in [-0.2, 0) is 0 Å². The molecule has 0 aliphatic heterocycles. The highest BCUT2D eigenvalue weighted by molar-refractivity contribution is 5.15. The van der Waals surface area contributed by atoms with Gasteiger partial charge in [-0.15, -0.1) is 0 Å². The second-order valence-corrected chi connectivity index (χ2v) is 2.95. The van der Waals surface area contributed by atoms with Crippen LogP contribution in [0.3, 0.4) is 0 Å². The van der Waals surface area contributed by atoms with Gasteiger partial charge in [0.1, 0.15) is 0 Å². The molecule has 1 rings (SSSR count). The van der Waals surface area contributed by atoms with Gasteiger partial charge in [0.05, 0.1) is 5.69 Å². The molecule has 0 aliphatic rings. The average Bonchev–Trinajstić information content (AvgIpc) is 2.27. The zero-order valence-electron chi connectivity index (χ0n) is 11.0. The Hall–Kier alpha value is -1.12. The highest BCUT2D eigenvalue weighted by Gasteiger charge is 2.03. The fourth-order valence-corrected chi connectivity index (χ4v) is 0.955. The summed E-state index contributed by atoms with van der Waals surface area (Å²) in [6, 6.07) is 1.82. The topological polar surface area (TPSA) is 45.8 Å². The average molecular weight is 212 g/mol. The molecular formula is C12H24N2O. The van der Waals surface area contributed by atoms with E-state index in [0.29, 0.717) is 0 Å². The van der Waals surface area contributed by atoms with Crippen molar-refractivity contribution in [3.05, 3.63) is 27.7 Å². The molecule has 0 saturated carbocycles. The molecule has 0 amide bonds. The molecule has 0 unspecified atom stereocenters. The van der Waals surface area contributed by atoms with Crippen LogP contribution in [0.1, 0.15) is 58.7 Å². The summed E-state index contributed by atoms with van der Waals surface area (Å²) >= 11 is 0. The summed E-state index contributed by atoms with van der Waals surface area (Å²) in [5.74, 6) is 0.264. The third kappa shape index (κ3) is 6.05. The fourth-order valence-electron chi connectivity index (χ4n) is 0.955. The van der Waals surface area contributed by atoms with Crippen LogP contribution in [0.4, 0.5) is 0 Å². The number of aromatic nitrogens is 2. The Kier molecular flexibility index (Phi) is 10.3. The number of aromatic amines is 1. The lowest BCUT2D eigenvalue weighted by molar-refractivity contribution is 0.809. The molecule has 1 N–H and O–H groups in total. The maximum Gasteiger partial charge on any atom is 0.267 e. The van der Waals surface area contributed by atoms with E-state index in [1.165, 1.54) is 0 Å². The van der Waals surface area contributed by atoms with Crippen molar-refractivity contribution in [3.8, 4) is 0 Å². The van der Waals surface area contributed by atoms with Crippen LogP contribution in [0.15, 0.2) is 10.9 Å². The first-order valence-corrected chi connectivity index (χ1v) is 5.67. The van der Waals surface area contributed by atoms with Gasteiger partial charge in [-0.3, -0.25) is 4.79 Å². The molecule has 1 heterocycles. The van der Waals surface area contributed by atoms with Gasteiger partial charge in [0.25, 0.3) is 5.56 Å². The summed E-state index contributed by atoms with van der Waals surface area (Å²) in [6.07, 6.45) is 0. The van der Waals surface area contributed by atoms with Crippen LogP contribution in [-0.4, -0.2) is 10.2 Å². The molecule has 0 spiro atoms. The summed E-state index contributed by atoms with van der Waals surface area (Å²) in [5, 5.41) is 6.23. The first kappa shape index (κ1) is 16.3. The highest BCUT2D eigenvalue weighted by Crippen LogP contribution is 2.07. The number of hydrogen-bond acceptors (Lipinski definition) is 2. The molecule has 3 heteroatoms. The summed E-state index contributed by atoms with van der Waals surface area (Å²) in [7, 11) is 0. The first-order valence-electron chi connectivity index (χ1n) is 5.67. The summed E-state index contributed by atoms with van der Waals surface area (Å²) in [5.41, 5.74) is 1.58.